The molecule has 0 spiro atoms. The van der Waals surface area contributed by atoms with Crippen LogP contribution in [-0.4, -0.2) is 20.1 Å². The second-order valence-corrected chi connectivity index (χ2v) is 5.42. The molecule has 1 aromatic carbocycles. The molecule has 0 fully saturated rings. The van der Waals surface area contributed by atoms with Gasteiger partial charge in [0.1, 0.15) is 5.69 Å². The first-order valence-electron chi connectivity index (χ1n) is 6.63. The van der Waals surface area contributed by atoms with E-state index in [1.165, 1.54) is 0 Å². The number of rotatable bonds is 5. The van der Waals surface area contributed by atoms with E-state index in [-0.39, 0.29) is 6.61 Å². The predicted octanol–water partition coefficient (Wildman–Crippen LogP) is 3.97. The summed E-state index contributed by atoms with van der Waals surface area (Å²) < 4.78 is 1.74. The van der Waals surface area contributed by atoms with Crippen molar-refractivity contribution >= 4 is 23.2 Å². The molecule has 0 atom stereocenters. The molecule has 0 aliphatic carbocycles. The van der Waals surface area contributed by atoms with Gasteiger partial charge in [-0.1, -0.05) is 42.3 Å². The standard InChI is InChI=1S/C14H17Cl2N3O/c1-3-9(4-2)14-13(8-20)17-18-19(14)10-5-6-11(15)12(16)7-10/h5-7,9,20H,3-4,8H2,1-2H3. The van der Waals surface area contributed by atoms with Crippen LogP contribution in [-0.2, 0) is 6.61 Å². The molecule has 6 heteroatoms. The smallest absolute Gasteiger partial charge is 0.112 e. The van der Waals surface area contributed by atoms with Crippen molar-refractivity contribution in [1.29, 1.82) is 0 Å². The largest absolute Gasteiger partial charge is 0.390 e. The third kappa shape index (κ3) is 2.82. The topological polar surface area (TPSA) is 50.9 Å². The van der Waals surface area contributed by atoms with E-state index in [1.807, 2.05) is 6.07 Å². The highest BCUT2D eigenvalue weighted by Gasteiger charge is 2.20. The number of aliphatic hydroxyl groups is 1. The third-order valence-electron chi connectivity index (χ3n) is 3.45. The van der Waals surface area contributed by atoms with Crippen LogP contribution in [0.1, 0.15) is 44.0 Å². The van der Waals surface area contributed by atoms with Crippen molar-refractivity contribution in [3.63, 3.8) is 0 Å². The highest BCUT2D eigenvalue weighted by molar-refractivity contribution is 6.42. The fourth-order valence-corrected chi connectivity index (χ4v) is 2.62. The van der Waals surface area contributed by atoms with Gasteiger partial charge in [-0.05, 0) is 31.0 Å². The van der Waals surface area contributed by atoms with Crippen molar-refractivity contribution in [1.82, 2.24) is 15.0 Å². The van der Waals surface area contributed by atoms with Gasteiger partial charge in [-0.3, -0.25) is 0 Å². The Labute approximate surface area is 128 Å². The van der Waals surface area contributed by atoms with Crippen LogP contribution in [0.3, 0.4) is 0 Å². The molecule has 1 N–H and O–H groups in total. The molecule has 4 nitrogen and oxygen atoms in total. The minimum absolute atomic E-state index is 0.118. The van der Waals surface area contributed by atoms with Gasteiger partial charge in [-0.25, -0.2) is 4.68 Å². The molecule has 0 amide bonds. The monoisotopic (exact) mass is 313 g/mol. The van der Waals surface area contributed by atoms with Gasteiger partial charge in [0.25, 0.3) is 0 Å². The van der Waals surface area contributed by atoms with Crippen LogP contribution in [0.5, 0.6) is 0 Å². The molecule has 2 rings (SSSR count). The van der Waals surface area contributed by atoms with Crippen LogP contribution in [0.15, 0.2) is 18.2 Å². The molecular formula is C14H17Cl2N3O. The second-order valence-electron chi connectivity index (χ2n) is 4.60. The quantitative estimate of drug-likeness (QED) is 0.908. The zero-order valence-corrected chi connectivity index (χ0v) is 13.0. The van der Waals surface area contributed by atoms with E-state index in [9.17, 15) is 5.11 Å². The number of aliphatic hydroxyl groups excluding tert-OH is 1. The third-order valence-corrected chi connectivity index (χ3v) is 4.19. The lowest BCUT2D eigenvalue weighted by Crippen LogP contribution is -2.09. The van der Waals surface area contributed by atoms with E-state index >= 15 is 0 Å². The summed E-state index contributed by atoms with van der Waals surface area (Å²) in [6, 6.07) is 5.33. The average molecular weight is 314 g/mol. The van der Waals surface area contributed by atoms with Gasteiger partial charge >= 0.3 is 0 Å². The van der Waals surface area contributed by atoms with E-state index in [4.69, 9.17) is 23.2 Å². The maximum absolute atomic E-state index is 9.45. The average Bonchev–Trinajstić information content (AvgIpc) is 2.87. The van der Waals surface area contributed by atoms with Crippen LogP contribution in [0.4, 0.5) is 0 Å². The summed E-state index contributed by atoms with van der Waals surface area (Å²) >= 11 is 12.0. The number of nitrogens with zero attached hydrogens (tertiary/aromatic N) is 3. The first kappa shape index (κ1) is 15.3. The minimum atomic E-state index is -0.118. The normalized spacial score (nSPS) is 11.3. The van der Waals surface area contributed by atoms with Crippen LogP contribution < -0.4 is 0 Å². The van der Waals surface area contributed by atoms with Crippen molar-refractivity contribution < 1.29 is 5.11 Å². The zero-order valence-electron chi connectivity index (χ0n) is 11.5. The van der Waals surface area contributed by atoms with E-state index in [1.54, 1.807) is 16.8 Å². The predicted molar refractivity (Wildman–Crippen MR) is 80.6 cm³/mol. The SMILES string of the molecule is CCC(CC)c1c(CO)nnn1-c1ccc(Cl)c(Cl)c1. The Morgan fingerprint density at radius 1 is 1.20 bits per heavy atom. The van der Waals surface area contributed by atoms with E-state index in [0.29, 0.717) is 21.7 Å². The molecule has 0 radical (unpaired) electrons. The van der Waals surface area contributed by atoms with Gasteiger partial charge in [-0.15, -0.1) is 5.10 Å². The fourth-order valence-electron chi connectivity index (χ4n) is 2.32. The van der Waals surface area contributed by atoms with Crippen molar-refractivity contribution in [2.45, 2.75) is 39.2 Å². The van der Waals surface area contributed by atoms with Crippen LogP contribution in [0.25, 0.3) is 5.69 Å². The van der Waals surface area contributed by atoms with E-state index in [2.05, 4.69) is 24.2 Å². The number of halogens is 2. The summed E-state index contributed by atoms with van der Waals surface area (Å²) in [4.78, 5) is 0. The van der Waals surface area contributed by atoms with Gasteiger partial charge in [0.05, 0.1) is 28.0 Å². The maximum Gasteiger partial charge on any atom is 0.112 e. The second kappa shape index (κ2) is 6.57. The van der Waals surface area contributed by atoms with Crippen LogP contribution in [0.2, 0.25) is 10.0 Å². The Morgan fingerprint density at radius 2 is 1.90 bits per heavy atom. The van der Waals surface area contributed by atoms with E-state index in [0.717, 1.165) is 24.2 Å². The molecular weight excluding hydrogens is 297 g/mol. The molecule has 1 heterocycles. The maximum atomic E-state index is 9.45. The number of hydrogen-bond acceptors (Lipinski definition) is 3. The minimum Gasteiger partial charge on any atom is -0.390 e. The molecule has 1 aromatic heterocycles. The molecule has 0 saturated carbocycles. The lowest BCUT2D eigenvalue weighted by Gasteiger charge is -2.16. The van der Waals surface area contributed by atoms with Crippen molar-refractivity contribution in [2.24, 2.45) is 0 Å². The number of benzene rings is 1. The zero-order chi connectivity index (χ0) is 14.7. The summed E-state index contributed by atoms with van der Waals surface area (Å²) in [5, 5.41) is 18.6. The van der Waals surface area contributed by atoms with Gasteiger partial charge in [0.15, 0.2) is 0 Å². The highest BCUT2D eigenvalue weighted by Crippen LogP contribution is 2.30. The summed E-state index contributed by atoms with van der Waals surface area (Å²) in [6.45, 7) is 4.11. The van der Waals surface area contributed by atoms with Crippen LogP contribution in [0, 0.1) is 0 Å². The summed E-state index contributed by atoms with van der Waals surface area (Å²) in [7, 11) is 0. The molecule has 0 aliphatic heterocycles. The van der Waals surface area contributed by atoms with Crippen molar-refractivity contribution in [3.05, 3.63) is 39.6 Å². The van der Waals surface area contributed by atoms with Gasteiger partial charge in [0.2, 0.25) is 0 Å². The molecule has 108 valence electrons. The first-order valence-corrected chi connectivity index (χ1v) is 7.38. The molecule has 0 unspecified atom stereocenters. The Morgan fingerprint density at radius 3 is 2.45 bits per heavy atom. The molecule has 0 saturated heterocycles. The summed E-state index contributed by atoms with van der Waals surface area (Å²) in [5.41, 5.74) is 2.36. The Hall–Kier alpha value is -1.10. The lowest BCUT2D eigenvalue weighted by atomic mass is 9.97. The first-order chi connectivity index (χ1) is 9.62. The highest BCUT2D eigenvalue weighted by atomic mass is 35.5. The van der Waals surface area contributed by atoms with Crippen LogP contribution >= 0.6 is 23.2 Å². The van der Waals surface area contributed by atoms with Crippen molar-refractivity contribution in [3.8, 4) is 5.69 Å². The number of hydrogen-bond donors (Lipinski definition) is 1. The lowest BCUT2D eigenvalue weighted by molar-refractivity contribution is 0.274. The van der Waals surface area contributed by atoms with Gasteiger partial charge in [-0.2, -0.15) is 0 Å². The summed E-state index contributed by atoms with van der Waals surface area (Å²) in [6.07, 6.45) is 1.91. The van der Waals surface area contributed by atoms with E-state index < -0.39 is 0 Å². The van der Waals surface area contributed by atoms with Gasteiger partial charge < -0.3 is 5.11 Å². The van der Waals surface area contributed by atoms with Crippen molar-refractivity contribution in [2.75, 3.05) is 0 Å². The Bertz CT molecular complexity index is 594. The Balaban J connectivity index is 2.56. The molecule has 0 bridgehead atoms. The Kier molecular flexibility index (Phi) is 5.02. The molecule has 20 heavy (non-hydrogen) atoms. The fraction of sp³-hybridized carbons (Fsp3) is 0.429. The summed E-state index contributed by atoms with van der Waals surface area (Å²) in [5.74, 6) is 0.293. The van der Waals surface area contributed by atoms with Gasteiger partial charge in [0, 0.05) is 5.92 Å². The molecule has 2 aromatic rings. The number of aromatic nitrogens is 3. The molecule has 0 aliphatic rings.